The van der Waals surface area contributed by atoms with Crippen LogP contribution in [0.3, 0.4) is 0 Å². The Bertz CT molecular complexity index is 904. The Morgan fingerprint density at radius 2 is 2.20 bits per heavy atom. The van der Waals surface area contributed by atoms with Crippen molar-refractivity contribution in [3.63, 3.8) is 0 Å². The fraction of sp³-hybridized carbons (Fsp3) is 0.0909. The van der Waals surface area contributed by atoms with E-state index in [0.29, 0.717) is 28.8 Å². The van der Waals surface area contributed by atoms with Gasteiger partial charge in [-0.15, -0.1) is 5.10 Å². The third kappa shape index (κ3) is 1.40. The molecule has 0 atom stereocenters. The molecule has 4 aromatic heterocycles. The number of furan rings is 1. The fourth-order valence-electron chi connectivity index (χ4n) is 2.10. The summed E-state index contributed by atoms with van der Waals surface area (Å²) >= 11 is 0. The first-order chi connectivity index (χ1) is 9.76. The van der Waals surface area contributed by atoms with Gasteiger partial charge in [-0.3, -0.25) is 10.1 Å². The lowest BCUT2D eigenvalue weighted by Crippen LogP contribution is -2.13. The third-order valence-corrected chi connectivity index (χ3v) is 2.94. The number of nitrogens with one attached hydrogen (secondary N) is 1. The van der Waals surface area contributed by atoms with Crippen molar-refractivity contribution in [2.45, 2.75) is 0 Å². The van der Waals surface area contributed by atoms with Crippen molar-refractivity contribution in [1.29, 1.82) is 0 Å². The molecule has 0 aliphatic rings. The molecule has 0 aromatic carbocycles. The third-order valence-electron chi connectivity index (χ3n) is 2.94. The van der Waals surface area contributed by atoms with Gasteiger partial charge in [-0.25, -0.2) is 10.8 Å². The second-order valence-electron chi connectivity index (χ2n) is 4.27. The topological polar surface area (TPSA) is 112 Å². The molecule has 0 saturated carbocycles. The molecule has 0 aliphatic carbocycles. The first-order valence-electron chi connectivity index (χ1n) is 5.87. The Morgan fingerprint density at radius 1 is 1.30 bits per heavy atom. The molecular weight excluding hydrogens is 260 g/mol. The van der Waals surface area contributed by atoms with Crippen LogP contribution in [0.5, 0.6) is 0 Å². The van der Waals surface area contributed by atoms with Crippen LogP contribution in [0.15, 0.2) is 29.0 Å². The minimum absolute atomic E-state index is 0.358. The molecule has 20 heavy (non-hydrogen) atoms. The lowest BCUT2D eigenvalue weighted by Gasteiger charge is -2.00. The summed E-state index contributed by atoms with van der Waals surface area (Å²) in [4.78, 5) is 8.77. The van der Waals surface area contributed by atoms with E-state index in [-0.39, 0.29) is 0 Å². The summed E-state index contributed by atoms with van der Waals surface area (Å²) in [5.74, 6) is 6.88. The van der Waals surface area contributed by atoms with Crippen LogP contribution in [0, 0.1) is 0 Å². The minimum Gasteiger partial charge on any atom is -0.461 e. The number of nitrogen functional groups attached to an aromatic ring is 1. The molecule has 0 amide bonds. The number of hydrazine groups is 1. The first-order valence-corrected chi connectivity index (χ1v) is 5.87. The number of hydrogen-bond acceptors (Lipinski definition) is 7. The predicted octanol–water partition coefficient (Wildman–Crippen LogP) is 0.557. The molecule has 9 nitrogen and oxygen atoms in total. The molecule has 4 heterocycles. The summed E-state index contributed by atoms with van der Waals surface area (Å²) in [6.45, 7) is 0. The molecule has 0 spiro atoms. The van der Waals surface area contributed by atoms with Crippen LogP contribution >= 0.6 is 0 Å². The number of nitrogens with two attached hydrogens (primary N) is 1. The number of hydrogen-bond donors (Lipinski definition) is 2. The lowest BCUT2D eigenvalue weighted by atomic mass is 10.4. The highest BCUT2D eigenvalue weighted by Crippen LogP contribution is 2.23. The molecule has 4 rings (SSSR count). The number of nitrogens with zero attached hydrogens (tertiary/aromatic N) is 6. The molecule has 0 fully saturated rings. The molecule has 4 aromatic rings. The molecular formula is C11H10N8O. The van der Waals surface area contributed by atoms with E-state index in [1.807, 2.05) is 13.2 Å². The van der Waals surface area contributed by atoms with Crippen LogP contribution in [0.25, 0.3) is 28.3 Å². The van der Waals surface area contributed by atoms with Crippen LogP contribution < -0.4 is 11.3 Å². The van der Waals surface area contributed by atoms with E-state index in [0.717, 1.165) is 5.39 Å². The normalized spacial score (nSPS) is 11.5. The number of rotatable bonds is 2. The summed E-state index contributed by atoms with van der Waals surface area (Å²) in [5.41, 5.74) is 3.66. The van der Waals surface area contributed by atoms with Gasteiger partial charge in [-0.2, -0.15) is 14.6 Å². The Morgan fingerprint density at radius 3 is 2.95 bits per heavy atom. The van der Waals surface area contributed by atoms with Gasteiger partial charge < -0.3 is 4.42 Å². The monoisotopic (exact) mass is 270 g/mol. The van der Waals surface area contributed by atoms with Crippen molar-refractivity contribution < 1.29 is 4.42 Å². The zero-order valence-electron chi connectivity index (χ0n) is 10.5. The zero-order chi connectivity index (χ0) is 13.7. The second-order valence-corrected chi connectivity index (χ2v) is 4.27. The Labute approximate surface area is 112 Å². The zero-order valence-corrected chi connectivity index (χ0v) is 10.5. The summed E-state index contributed by atoms with van der Waals surface area (Å²) < 4.78 is 8.50. The van der Waals surface area contributed by atoms with E-state index in [4.69, 9.17) is 10.3 Å². The molecule has 0 aliphatic heterocycles. The van der Waals surface area contributed by atoms with Crippen molar-refractivity contribution >= 4 is 22.6 Å². The molecule has 0 radical (unpaired) electrons. The molecule has 0 saturated heterocycles. The van der Waals surface area contributed by atoms with Gasteiger partial charge in [-0.05, 0) is 12.1 Å². The summed E-state index contributed by atoms with van der Waals surface area (Å²) in [5, 5.41) is 9.39. The second kappa shape index (κ2) is 3.78. The first kappa shape index (κ1) is 10.9. The fourth-order valence-corrected chi connectivity index (χ4v) is 2.10. The van der Waals surface area contributed by atoms with E-state index in [1.54, 1.807) is 23.1 Å². The summed E-state index contributed by atoms with van der Waals surface area (Å²) in [6, 6.07) is 3.57. The van der Waals surface area contributed by atoms with Gasteiger partial charge in [0.15, 0.2) is 17.1 Å². The standard InChI is InChI=1S/C11H10N8O/c1-18-5-6-8(16-18)14-11(15-12)19-10(6)13-9(17-19)7-3-2-4-20-7/h2-5H,12H2,1H3,(H,14,15,16). The minimum atomic E-state index is 0.358. The lowest BCUT2D eigenvalue weighted by molar-refractivity contribution is 0.577. The maximum atomic E-state index is 5.48. The smallest absolute Gasteiger partial charge is 0.242 e. The van der Waals surface area contributed by atoms with Gasteiger partial charge in [-0.1, -0.05) is 0 Å². The van der Waals surface area contributed by atoms with E-state index >= 15 is 0 Å². The van der Waals surface area contributed by atoms with Crippen LogP contribution in [-0.2, 0) is 7.05 Å². The molecule has 9 heteroatoms. The Hall–Kier alpha value is -2.94. The predicted molar refractivity (Wildman–Crippen MR) is 70.6 cm³/mol. The number of aryl methyl sites for hydroxylation is 1. The van der Waals surface area contributed by atoms with Gasteiger partial charge in [0.25, 0.3) is 0 Å². The Kier molecular flexibility index (Phi) is 2.06. The van der Waals surface area contributed by atoms with Crippen molar-refractivity contribution in [1.82, 2.24) is 29.4 Å². The highest BCUT2D eigenvalue weighted by atomic mass is 16.3. The summed E-state index contributed by atoms with van der Waals surface area (Å²) in [6.07, 6.45) is 3.40. The molecule has 100 valence electrons. The molecule has 3 N–H and O–H groups in total. The number of fused-ring (bicyclic) bond motifs is 3. The highest BCUT2D eigenvalue weighted by Gasteiger charge is 2.16. The maximum absolute atomic E-state index is 5.48. The highest BCUT2D eigenvalue weighted by molar-refractivity contribution is 5.90. The van der Waals surface area contributed by atoms with Crippen LogP contribution in [0.1, 0.15) is 0 Å². The summed E-state index contributed by atoms with van der Waals surface area (Å²) in [7, 11) is 1.82. The van der Waals surface area contributed by atoms with Gasteiger partial charge in [0.1, 0.15) is 0 Å². The maximum Gasteiger partial charge on any atom is 0.242 e. The average molecular weight is 270 g/mol. The number of aromatic nitrogens is 6. The van der Waals surface area contributed by atoms with Crippen LogP contribution in [0.4, 0.5) is 5.95 Å². The van der Waals surface area contributed by atoms with Crippen molar-refractivity contribution in [3.05, 3.63) is 24.6 Å². The van der Waals surface area contributed by atoms with E-state index in [2.05, 4.69) is 25.6 Å². The molecule has 0 bridgehead atoms. The Balaban J connectivity index is 2.10. The van der Waals surface area contributed by atoms with Crippen molar-refractivity contribution in [2.24, 2.45) is 12.9 Å². The van der Waals surface area contributed by atoms with Gasteiger partial charge in [0.2, 0.25) is 11.8 Å². The SMILES string of the molecule is Cn1cc2c(nc(NN)n3nc(-c4ccco4)nc23)n1. The van der Waals surface area contributed by atoms with Crippen LogP contribution in [0.2, 0.25) is 0 Å². The van der Waals surface area contributed by atoms with Gasteiger partial charge in [0.05, 0.1) is 11.6 Å². The quantitative estimate of drug-likeness (QED) is 0.404. The van der Waals surface area contributed by atoms with Crippen molar-refractivity contribution in [3.8, 4) is 11.6 Å². The van der Waals surface area contributed by atoms with Gasteiger partial charge in [0, 0.05) is 13.2 Å². The van der Waals surface area contributed by atoms with E-state index < -0.39 is 0 Å². The van der Waals surface area contributed by atoms with Crippen LogP contribution in [-0.4, -0.2) is 29.4 Å². The van der Waals surface area contributed by atoms with Gasteiger partial charge >= 0.3 is 0 Å². The number of anilines is 1. The van der Waals surface area contributed by atoms with Crippen molar-refractivity contribution in [2.75, 3.05) is 5.43 Å². The largest absolute Gasteiger partial charge is 0.461 e. The van der Waals surface area contributed by atoms with E-state index in [9.17, 15) is 0 Å². The average Bonchev–Trinajstić information content (AvgIpc) is 3.14. The van der Waals surface area contributed by atoms with E-state index in [1.165, 1.54) is 4.52 Å². The molecule has 0 unspecified atom stereocenters.